The molecule has 0 spiro atoms. The number of nitrogens with zero attached hydrogens (tertiary/aromatic N) is 3. The number of urea groups is 1. The average molecular weight is 407 g/mol. The second-order valence-electron chi connectivity index (χ2n) is 8.08. The van der Waals surface area contributed by atoms with Crippen molar-refractivity contribution in [2.24, 2.45) is 0 Å². The zero-order chi connectivity index (χ0) is 20.9. The van der Waals surface area contributed by atoms with Gasteiger partial charge < -0.3 is 20.0 Å². The number of piperidine rings is 1. The van der Waals surface area contributed by atoms with Gasteiger partial charge in [0.25, 0.3) is 5.91 Å². The van der Waals surface area contributed by atoms with Crippen molar-refractivity contribution < 1.29 is 9.59 Å². The number of hydrogen-bond donors (Lipinski definition) is 1. The van der Waals surface area contributed by atoms with Gasteiger partial charge in [-0.1, -0.05) is 30.3 Å². The Balaban J connectivity index is 1.40. The minimum Gasteiger partial charge on any atom is -0.368 e. The lowest BCUT2D eigenvalue weighted by atomic mass is 9.89. The number of anilines is 1. The fourth-order valence-corrected chi connectivity index (χ4v) is 4.51. The summed E-state index contributed by atoms with van der Waals surface area (Å²) in [5, 5.41) is 2.72. The van der Waals surface area contributed by atoms with Crippen LogP contribution in [0.3, 0.4) is 0 Å². The molecular formula is C24H30N4O2. The normalized spacial score (nSPS) is 19.5. The second kappa shape index (κ2) is 9.20. The van der Waals surface area contributed by atoms with E-state index in [4.69, 9.17) is 0 Å². The van der Waals surface area contributed by atoms with Crippen LogP contribution in [-0.2, 0) is 0 Å². The van der Waals surface area contributed by atoms with E-state index in [2.05, 4.69) is 40.5 Å². The van der Waals surface area contributed by atoms with Crippen molar-refractivity contribution in [3.05, 3.63) is 65.7 Å². The number of para-hydroxylation sites is 1. The Hall–Kier alpha value is -3.02. The molecule has 6 nitrogen and oxygen atoms in total. The van der Waals surface area contributed by atoms with Gasteiger partial charge in [0.05, 0.1) is 0 Å². The largest absolute Gasteiger partial charge is 0.368 e. The Kier molecular flexibility index (Phi) is 6.21. The molecule has 2 aromatic carbocycles. The number of piperazine rings is 1. The van der Waals surface area contributed by atoms with Gasteiger partial charge in [-0.05, 0) is 42.7 Å². The molecule has 0 aromatic heterocycles. The molecule has 0 unspecified atom stereocenters. The van der Waals surface area contributed by atoms with Crippen molar-refractivity contribution >= 4 is 17.6 Å². The van der Waals surface area contributed by atoms with Gasteiger partial charge in [0, 0.05) is 63.5 Å². The maximum Gasteiger partial charge on any atom is 0.317 e. The van der Waals surface area contributed by atoms with E-state index in [-0.39, 0.29) is 17.9 Å². The van der Waals surface area contributed by atoms with Gasteiger partial charge in [-0.25, -0.2) is 4.79 Å². The molecule has 1 N–H and O–H groups in total. The van der Waals surface area contributed by atoms with E-state index in [1.807, 2.05) is 34.1 Å². The molecule has 2 aliphatic heterocycles. The third-order valence-electron chi connectivity index (χ3n) is 6.22. The predicted octanol–water partition coefficient (Wildman–Crippen LogP) is 3.17. The Morgan fingerprint density at radius 3 is 2.40 bits per heavy atom. The minimum absolute atomic E-state index is 0.0248. The van der Waals surface area contributed by atoms with E-state index in [0.29, 0.717) is 6.54 Å². The van der Waals surface area contributed by atoms with Gasteiger partial charge in [0.15, 0.2) is 0 Å². The van der Waals surface area contributed by atoms with E-state index >= 15 is 0 Å². The molecule has 2 fully saturated rings. The summed E-state index contributed by atoms with van der Waals surface area (Å²) in [5.41, 5.74) is 3.11. The summed E-state index contributed by atoms with van der Waals surface area (Å²) in [6.07, 6.45) is 2.03. The summed E-state index contributed by atoms with van der Waals surface area (Å²) < 4.78 is 0. The maximum atomic E-state index is 13.1. The van der Waals surface area contributed by atoms with E-state index in [1.54, 1.807) is 7.05 Å². The molecule has 2 aromatic rings. The number of rotatable bonds is 3. The molecule has 2 aliphatic rings. The molecule has 0 bridgehead atoms. The Bertz CT molecular complexity index is 878. The van der Waals surface area contributed by atoms with Crippen LogP contribution in [0.25, 0.3) is 0 Å². The highest BCUT2D eigenvalue weighted by atomic mass is 16.2. The number of carbonyl (C=O) groups excluding carboxylic acids is 2. The van der Waals surface area contributed by atoms with E-state index in [1.165, 1.54) is 5.69 Å². The SMILES string of the molecule is CNC(=O)N1CCC[C@@H](c2cccc(C(=O)N3CCN(c4ccccc4)CC3)c2)C1. The fourth-order valence-electron chi connectivity index (χ4n) is 4.51. The van der Waals surface area contributed by atoms with Crippen LogP contribution in [0.2, 0.25) is 0 Å². The van der Waals surface area contributed by atoms with Crippen molar-refractivity contribution in [3.63, 3.8) is 0 Å². The van der Waals surface area contributed by atoms with Crippen LogP contribution in [0.4, 0.5) is 10.5 Å². The monoisotopic (exact) mass is 406 g/mol. The highest BCUT2D eigenvalue weighted by Gasteiger charge is 2.26. The third kappa shape index (κ3) is 4.42. The molecule has 1 atom stereocenters. The van der Waals surface area contributed by atoms with Crippen LogP contribution in [0, 0.1) is 0 Å². The topological polar surface area (TPSA) is 55.9 Å². The van der Waals surface area contributed by atoms with Crippen LogP contribution in [0.1, 0.15) is 34.7 Å². The van der Waals surface area contributed by atoms with E-state index in [0.717, 1.165) is 56.7 Å². The fraction of sp³-hybridized carbons (Fsp3) is 0.417. The number of nitrogens with one attached hydrogen (secondary N) is 1. The minimum atomic E-state index is -0.0248. The van der Waals surface area contributed by atoms with Gasteiger partial charge in [0.2, 0.25) is 0 Å². The van der Waals surface area contributed by atoms with Gasteiger partial charge in [-0.3, -0.25) is 4.79 Å². The molecule has 30 heavy (non-hydrogen) atoms. The van der Waals surface area contributed by atoms with Crippen molar-refractivity contribution in [2.75, 3.05) is 51.2 Å². The number of hydrogen-bond acceptors (Lipinski definition) is 3. The van der Waals surface area contributed by atoms with Crippen LogP contribution in [0.5, 0.6) is 0 Å². The lowest BCUT2D eigenvalue weighted by Gasteiger charge is -2.36. The number of likely N-dealkylation sites (tertiary alicyclic amines) is 1. The molecule has 2 heterocycles. The predicted molar refractivity (Wildman–Crippen MR) is 119 cm³/mol. The Morgan fingerprint density at radius 2 is 1.67 bits per heavy atom. The van der Waals surface area contributed by atoms with Crippen molar-refractivity contribution in [1.82, 2.24) is 15.1 Å². The Morgan fingerprint density at radius 1 is 0.900 bits per heavy atom. The average Bonchev–Trinajstić information content (AvgIpc) is 2.84. The first kappa shape index (κ1) is 20.3. The number of amides is 3. The van der Waals surface area contributed by atoms with Crippen LogP contribution in [0.15, 0.2) is 54.6 Å². The summed E-state index contributed by atoms with van der Waals surface area (Å²) in [7, 11) is 1.67. The van der Waals surface area contributed by atoms with Gasteiger partial charge >= 0.3 is 6.03 Å². The molecule has 6 heteroatoms. The summed E-state index contributed by atoms with van der Waals surface area (Å²) in [4.78, 5) is 31.3. The van der Waals surface area contributed by atoms with Gasteiger partial charge in [-0.15, -0.1) is 0 Å². The first-order valence-electron chi connectivity index (χ1n) is 10.8. The second-order valence-corrected chi connectivity index (χ2v) is 8.08. The molecule has 158 valence electrons. The molecule has 2 saturated heterocycles. The lowest BCUT2D eigenvalue weighted by Crippen LogP contribution is -2.48. The quantitative estimate of drug-likeness (QED) is 0.852. The third-order valence-corrected chi connectivity index (χ3v) is 6.22. The van der Waals surface area contributed by atoms with Gasteiger partial charge in [-0.2, -0.15) is 0 Å². The molecular weight excluding hydrogens is 376 g/mol. The van der Waals surface area contributed by atoms with Gasteiger partial charge in [0.1, 0.15) is 0 Å². The van der Waals surface area contributed by atoms with Crippen molar-refractivity contribution in [2.45, 2.75) is 18.8 Å². The van der Waals surface area contributed by atoms with E-state index in [9.17, 15) is 9.59 Å². The molecule has 0 aliphatic carbocycles. The smallest absolute Gasteiger partial charge is 0.317 e. The summed E-state index contributed by atoms with van der Waals surface area (Å²) in [6, 6.07) is 18.3. The maximum absolute atomic E-state index is 13.1. The molecule has 3 amide bonds. The summed E-state index contributed by atoms with van der Waals surface area (Å²) in [6.45, 7) is 4.64. The number of carbonyl (C=O) groups is 2. The Labute approximate surface area is 178 Å². The zero-order valence-corrected chi connectivity index (χ0v) is 17.6. The highest BCUT2D eigenvalue weighted by Crippen LogP contribution is 2.28. The number of benzene rings is 2. The van der Waals surface area contributed by atoms with Crippen molar-refractivity contribution in [1.29, 1.82) is 0 Å². The highest BCUT2D eigenvalue weighted by molar-refractivity contribution is 5.94. The summed E-state index contributed by atoms with van der Waals surface area (Å²) >= 11 is 0. The standard InChI is InChI=1S/C24H30N4O2/c1-25-24(30)28-12-6-9-21(18-28)19-7-5-8-20(17-19)23(29)27-15-13-26(14-16-27)22-10-3-2-4-11-22/h2-5,7-8,10-11,17,21H,6,9,12-16,18H2,1H3,(H,25,30)/t21-/m1/s1. The van der Waals surface area contributed by atoms with E-state index < -0.39 is 0 Å². The van der Waals surface area contributed by atoms with Crippen LogP contribution < -0.4 is 10.2 Å². The first-order chi connectivity index (χ1) is 14.7. The zero-order valence-electron chi connectivity index (χ0n) is 17.6. The molecule has 0 radical (unpaired) electrons. The first-order valence-corrected chi connectivity index (χ1v) is 10.8. The summed E-state index contributed by atoms with van der Waals surface area (Å²) in [5.74, 6) is 0.377. The van der Waals surface area contributed by atoms with Crippen LogP contribution in [-0.4, -0.2) is 68.1 Å². The molecule has 4 rings (SSSR count). The molecule has 0 saturated carbocycles. The lowest BCUT2D eigenvalue weighted by molar-refractivity contribution is 0.0746. The van der Waals surface area contributed by atoms with Crippen LogP contribution >= 0.6 is 0 Å². The van der Waals surface area contributed by atoms with Crippen molar-refractivity contribution in [3.8, 4) is 0 Å².